The number of thioether (sulfide) groups is 1. The molecule has 2 aliphatic rings. The van der Waals surface area contributed by atoms with Gasteiger partial charge in [0.25, 0.3) is 5.91 Å². The molecule has 3 amide bonds. The van der Waals surface area contributed by atoms with Gasteiger partial charge in [-0.25, -0.2) is 0 Å². The quantitative estimate of drug-likeness (QED) is 0.556. The van der Waals surface area contributed by atoms with Gasteiger partial charge in [0, 0.05) is 23.3 Å². The third-order valence-electron chi connectivity index (χ3n) is 6.89. The Kier molecular flexibility index (Phi) is 8.60. The highest BCUT2D eigenvalue weighted by Gasteiger charge is 2.43. The third-order valence-corrected chi connectivity index (χ3v) is 7.90. The van der Waals surface area contributed by atoms with Crippen molar-refractivity contribution in [1.82, 2.24) is 15.1 Å². The second kappa shape index (κ2) is 11.7. The predicted octanol–water partition coefficient (Wildman–Crippen LogP) is 2.87. The average Bonchev–Trinajstić information content (AvgIpc) is 3.45. The van der Waals surface area contributed by atoms with Crippen LogP contribution in [0.5, 0.6) is 0 Å². The molecular formula is C29H37N3O4S. The first-order valence-electron chi connectivity index (χ1n) is 12.9. The normalized spacial score (nSPS) is 22.8. The minimum absolute atomic E-state index is 0.0329. The zero-order valence-electron chi connectivity index (χ0n) is 21.8. The van der Waals surface area contributed by atoms with Gasteiger partial charge in [0.1, 0.15) is 6.04 Å². The largest absolute Gasteiger partial charge is 0.381 e. The molecule has 0 spiro atoms. The number of carbonyl (C=O) groups excluding carboxylic acids is 3. The Hall–Kier alpha value is -2.84. The maximum atomic E-state index is 13.5. The van der Waals surface area contributed by atoms with Crippen molar-refractivity contribution >= 4 is 29.5 Å². The van der Waals surface area contributed by atoms with E-state index in [-0.39, 0.29) is 30.3 Å². The summed E-state index contributed by atoms with van der Waals surface area (Å²) in [6.45, 7) is 5.61. The fourth-order valence-corrected chi connectivity index (χ4v) is 6.31. The molecule has 0 bridgehead atoms. The molecule has 37 heavy (non-hydrogen) atoms. The lowest BCUT2D eigenvalue weighted by molar-refractivity contribution is -0.147. The molecule has 2 fully saturated rings. The number of benzene rings is 2. The number of rotatable bonds is 8. The Labute approximate surface area is 223 Å². The highest BCUT2D eigenvalue weighted by atomic mass is 32.2. The van der Waals surface area contributed by atoms with Crippen LogP contribution in [-0.4, -0.2) is 74.5 Å². The minimum atomic E-state index is -1.39. The van der Waals surface area contributed by atoms with Crippen molar-refractivity contribution in [1.29, 1.82) is 0 Å². The molecule has 0 aliphatic carbocycles. The van der Waals surface area contributed by atoms with E-state index in [4.69, 9.17) is 0 Å². The lowest BCUT2D eigenvalue weighted by atomic mass is 9.94. The number of carbonyl (C=O) groups is 3. The first-order valence-corrected chi connectivity index (χ1v) is 14.0. The molecule has 0 aromatic heterocycles. The molecule has 0 saturated carbocycles. The first-order chi connectivity index (χ1) is 17.6. The van der Waals surface area contributed by atoms with Gasteiger partial charge in [-0.3, -0.25) is 14.4 Å². The Morgan fingerprint density at radius 2 is 1.62 bits per heavy atom. The molecule has 2 aromatic rings. The van der Waals surface area contributed by atoms with Crippen LogP contribution in [0.3, 0.4) is 0 Å². The zero-order chi connectivity index (χ0) is 26.6. The summed E-state index contributed by atoms with van der Waals surface area (Å²) in [6.07, 6.45) is 0.569. The number of aliphatic hydroxyl groups is 1. The van der Waals surface area contributed by atoms with E-state index in [9.17, 15) is 19.5 Å². The van der Waals surface area contributed by atoms with Gasteiger partial charge < -0.3 is 20.2 Å². The van der Waals surface area contributed by atoms with Gasteiger partial charge in [0.2, 0.25) is 11.8 Å². The molecule has 2 aliphatic heterocycles. The van der Waals surface area contributed by atoms with Crippen molar-refractivity contribution in [2.24, 2.45) is 5.92 Å². The Bertz CT molecular complexity index is 1090. The fraction of sp³-hybridized carbons (Fsp3) is 0.483. The Morgan fingerprint density at radius 1 is 1.03 bits per heavy atom. The molecule has 8 heteroatoms. The summed E-state index contributed by atoms with van der Waals surface area (Å²) in [4.78, 5) is 42.8. The van der Waals surface area contributed by atoms with Crippen LogP contribution in [0.25, 0.3) is 0 Å². The molecule has 4 atom stereocenters. The van der Waals surface area contributed by atoms with Gasteiger partial charge in [-0.2, -0.15) is 0 Å². The maximum absolute atomic E-state index is 13.5. The van der Waals surface area contributed by atoms with Crippen molar-refractivity contribution in [3.8, 4) is 0 Å². The van der Waals surface area contributed by atoms with E-state index in [1.807, 2.05) is 81.4 Å². The molecule has 7 nitrogen and oxygen atoms in total. The first kappa shape index (κ1) is 27.2. The molecule has 0 radical (unpaired) electrons. The van der Waals surface area contributed by atoms with Crippen molar-refractivity contribution < 1.29 is 19.5 Å². The van der Waals surface area contributed by atoms with Gasteiger partial charge in [-0.1, -0.05) is 60.7 Å². The molecular weight excluding hydrogens is 486 g/mol. The van der Waals surface area contributed by atoms with Crippen LogP contribution < -0.4 is 5.32 Å². The summed E-state index contributed by atoms with van der Waals surface area (Å²) in [6, 6.07) is 19.2. The van der Waals surface area contributed by atoms with Crippen molar-refractivity contribution in [2.45, 2.75) is 63.8 Å². The molecule has 2 heterocycles. The number of likely N-dealkylation sites (tertiary alicyclic amines) is 1. The molecule has 198 valence electrons. The summed E-state index contributed by atoms with van der Waals surface area (Å²) < 4.78 is 0. The number of hydrogen-bond donors (Lipinski definition) is 2. The third kappa shape index (κ3) is 6.93. The summed E-state index contributed by atoms with van der Waals surface area (Å²) in [5, 5.41) is 14.0. The van der Waals surface area contributed by atoms with E-state index >= 15 is 0 Å². The van der Waals surface area contributed by atoms with E-state index < -0.39 is 23.6 Å². The van der Waals surface area contributed by atoms with Gasteiger partial charge in [-0.15, -0.1) is 11.8 Å². The minimum Gasteiger partial charge on any atom is -0.381 e. The topological polar surface area (TPSA) is 89.9 Å². The summed E-state index contributed by atoms with van der Waals surface area (Å²) in [5.41, 5.74) is 1.79. The number of amides is 3. The molecule has 2 saturated heterocycles. The predicted molar refractivity (Wildman–Crippen MR) is 146 cm³/mol. The maximum Gasteiger partial charge on any atom is 0.254 e. The van der Waals surface area contributed by atoms with Crippen molar-refractivity contribution in [2.75, 3.05) is 18.2 Å². The van der Waals surface area contributed by atoms with Gasteiger partial charge >= 0.3 is 0 Å². The van der Waals surface area contributed by atoms with E-state index in [1.165, 1.54) is 16.7 Å². The van der Waals surface area contributed by atoms with E-state index in [2.05, 4.69) is 5.32 Å². The highest BCUT2D eigenvalue weighted by molar-refractivity contribution is 7.99. The van der Waals surface area contributed by atoms with Crippen LogP contribution in [0.4, 0.5) is 0 Å². The second-order valence-electron chi connectivity index (χ2n) is 11.0. The van der Waals surface area contributed by atoms with E-state index in [1.54, 1.807) is 4.90 Å². The van der Waals surface area contributed by atoms with Crippen molar-refractivity contribution in [3.05, 3.63) is 71.8 Å². The SMILES string of the molecule is CC(C)(C)NC(=O)C1CSCN1C(=O)C(O)CN1C(=O)C(Cc2ccccc2)C[C@@H]1Cc1ccccc1. The number of nitrogens with one attached hydrogen (secondary N) is 1. The Morgan fingerprint density at radius 3 is 2.22 bits per heavy atom. The summed E-state index contributed by atoms with van der Waals surface area (Å²) in [7, 11) is 0. The lowest BCUT2D eigenvalue weighted by Gasteiger charge is -2.31. The summed E-state index contributed by atoms with van der Waals surface area (Å²) >= 11 is 1.49. The second-order valence-corrected chi connectivity index (χ2v) is 12.0. The Balaban J connectivity index is 1.48. The molecule has 2 N–H and O–H groups in total. The molecule has 3 unspecified atom stereocenters. The van der Waals surface area contributed by atoms with Gasteiger partial charge in [0.15, 0.2) is 6.10 Å². The summed E-state index contributed by atoms with van der Waals surface area (Å²) in [5.74, 6) is -0.132. The average molecular weight is 524 g/mol. The van der Waals surface area contributed by atoms with Crippen molar-refractivity contribution in [3.63, 3.8) is 0 Å². The van der Waals surface area contributed by atoms with Gasteiger partial charge in [-0.05, 0) is 51.2 Å². The fourth-order valence-electron chi connectivity index (χ4n) is 5.14. The smallest absolute Gasteiger partial charge is 0.254 e. The number of β-amino-alcohol motifs (C(OH)–C–C–N with tert-alkyl or cyclic N) is 1. The number of aliphatic hydroxyl groups excluding tert-OH is 1. The standard InChI is InChI=1S/C29H37N3O4S/c1-29(2,3)30-26(34)24-18-37-19-32(24)28(36)25(33)17-31-23(15-21-12-8-5-9-13-21)16-22(27(31)35)14-20-10-6-4-7-11-20/h4-13,22-25,33H,14-19H2,1-3H3,(H,30,34)/t22?,23-,24?,25?/m0/s1. The molecule has 4 rings (SSSR count). The van der Waals surface area contributed by atoms with Gasteiger partial charge in [0.05, 0.1) is 12.4 Å². The van der Waals surface area contributed by atoms with Crippen LogP contribution in [0, 0.1) is 5.92 Å². The van der Waals surface area contributed by atoms with Crippen LogP contribution in [0.1, 0.15) is 38.3 Å². The van der Waals surface area contributed by atoms with E-state index in [0.29, 0.717) is 30.9 Å². The lowest BCUT2D eigenvalue weighted by Crippen LogP contribution is -2.55. The van der Waals surface area contributed by atoms with Crippen LogP contribution in [-0.2, 0) is 27.2 Å². The van der Waals surface area contributed by atoms with Crippen LogP contribution >= 0.6 is 11.8 Å². The van der Waals surface area contributed by atoms with Crippen LogP contribution in [0.2, 0.25) is 0 Å². The van der Waals surface area contributed by atoms with E-state index in [0.717, 1.165) is 11.1 Å². The number of nitrogens with zero attached hydrogens (tertiary/aromatic N) is 2. The zero-order valence-corrected chi connectivity index (χ0v) is 22.6. The van der Waals surface area contributed by atoms with Crippen LogP contribution in [0.15, 0.2) is 60.7 Å². The highest BCUT2D eigenvalue weighted by Crippen LogP contribution is 2.31. The number of hydrogen-bond acceptors (Lipinski definition) is 5. The monoisotopic (exact) mass is 523 g/mol. The molecule has 2 aromatic carbocycles.